The van der Waals surface area contributed by atoms with Crippen LogP contribution in [0.25, 0.3) is 0 Å². The van der Waals surface area contributed by atoms with E-state index in [-0.39, 0.29) is 6.61 Å². The van der Waals surface area contributed by atoms with Crippen LogP contribution in [0.1, 0.15) is 26.7 Å². The van der Waals surface area contributed by atoms with Crippen LogP contribution in [-0.4, -0.2) is 24.4 Å². The summed E-state index contributed by atoms with van der Waals surface area (Å²) in [4.78, 5) is 9.35. The van der Waals surface area contributed by atoms with E-state index in [4.69, 9.17) is 4.89 Å². The molecule has 14 heavy (non-hydrogen) atoms. The molecule has 0 spiro atoms. The van der Waals surface area contributed by atoms with Gasteiger partial charge >= 0.3 is 0 Å². The maximum atomic E-state index is 10.2. The molecule has 0 aliphatic heterocycles. The van der Waals surface area contributed by atoms with Gasteiger partial charge in [0, 0.05) is 0 Å². The molecule has 0 radical (unpaired) electrons. The van der Waals surface area contributed by atoms with Crippen molar-refractivity contribution in [3.8, 4) is 0 Å². The second-order valence-corrected chi connectivity index (χ2v) is 4.44. The molecule has 0 aromatic heterocycles. The number of hydrogen-bond acceptors (Lipinski definition) is 3. The van der Waals surface area contributed by atoms with Gasteiger partial charge in [0.05, 0.1) is 12.7 Å². The van der Waals surface area contributed by atoms with Crippen LogP contribution in [0, 0.1) is 11.8 Å². The second-order valence-electron chi connectivity index (χ2n) is 4.44. The molecule has 0 unspecified atom stereocenters. The van der Waals surface area contributed by atoms with Crippen LogP contribution in [0.3, 0.4) is 0 Å². The van der Waals surface area contributed by atoms with E-state index in [0.717, 1.165) is 0 Å². The average molecular weight is 200 g/mol. The maximum Gasteiger partial charge on any atom is 0.111 e. The Balaban J connectivity index is 2.59. The van der Waals surface area contributed by atoms with Gasteiger partial charge in [0.25, 0.3) is 0 Å². The fraction of sp³-hybridized carbons (Fsp3) is 0.818. The molecule has 0 aromatic rings. The summed E-state index contributed by atoms with van der Waals surface area (Å²) in [5, 5.41) is 10.2. The highest BCUT2D eigenvalue weighted by Gasteiger charge is 2.38. The predicted molar refractivity (Wildman–Crippen MR) is 54.6 cm³/mol. The highest BCUT2D eigenvalue weighted by molar-refractivity contribution is 5.11. The second kappa shape index (κ2) is 4.43. The highest BCUT2D eigenvalue weighted by Crippen LogP contribution is 2.39. The van der Waals surface area contributed by atoms with Gasteiger partial charge in [-0.25, -0.2) is 9.78 Å². The van der Waals surface area contributed by atoms with Gasteiger partial charge in [-0.1, -0.05) is 26.0 Å². The molecule has 0 bridgehead atoms. The minimum absolute atomic E-state index is 0.242. The topological polar surface area (TPSA) is 38.7 Å². The molecule has 1 rings (SSSR count). The molecule has 1 fully saturated rings. The maximum absolute atomic E-state index is 10.2. The van der Waals surface area contributed by atoms with E-state index >= 15 is 0 Å². The van der Waals surface area contributed by atoms with Crippen LogP contribution in [0.4, 0.5) is 0 Å². The molecule has 0 heterocycles. The quantitative estimate of drug-likeness (QED) is 0.430. The lowest BCUT2D eigenvalue weighted by atomic mass is 9.71. The van der Waals surface area contributed by atoms with Crippen molar-refractivity contribution in [3.63, 3.8) is 0 Å². The third kappa shape index (κ3) is 2.56. The van der Waals surface area contributed by atoms with Crippen molar-refractivity contribution in [2.45, 2.75) is 32.3 Å². The molecular formula is C11H20O3. The third-order valence-corrected chi connectivity index (χ3v) is 3.08. The van der Waals surface area contributed by atoms with Crippen molar-refractivity contribution in [2.75, 3.05) is 13.7 Å². The van der Waals surface area contributed by atoms with Crippen molar-refractivity contribution < 1.29 is 14.9 Å². The molecule has 3 nitrogen and oxygen atoms in total. The monoisotopic (exact) mass is 200 g/mol. The van der Waals surface area contributed by atoms with E-state index in [1.807, 2.05) is 0 Å². The van der Waals surface area contributed by atoms with E-state index in [9.17, 15) is 5.11 Å². The molecule has 0 aromatic carbocycles. The predicted octanol–water partition coefficient (Wildman–Crippen LogP) is 1.92. The van der Waals surface area contributed by atoms with Crippen molar-refractivity contribution >= 4 is 0 Å². The average Bonchev–Trinajstić information content (AvgIpc) is 2.11. The molecule has 3 heteroatoms. The Morgan fingerprint density at radius 2 is 1.93 bits per heavy atom. The number of aliphatic hydroxyl groups is 1. The lowest BCUT2D eigenvalue weighted by Crippen LogP contribution is -2.42. The summed E-state index contributed by atoms with van der Waals surface area (Å²) in [7, 11) is 1.46. The van der Waals surface area contributed by atoms with Gasteiger partial charge in [0.1, 0.15) is 6.61 Å². The summed E-state index contributed by atoms with van der Waals surface area (Å²) >= 11 is 0. The molecule has 1 aliphatic rings. The number of hydrogen-bond donors (Lipinski definition) is 1. The van der Waals surface area contributed by atoms with Gasteiger partial charge < -0.3 is 5.11 Å². The van der Waals surface area contributed by atoms with Crippen molar-refractivity contribution in [1.29, 1.82) is 0 Å². The van der Waals surface area contributed by atoms with Crippen LogP contribution in [0.5, 0.6) is 0 Å². The van der Waals surface area contributed by atoms with E-state index in [0.29, 0.717) is 24.7 Å². The SMILES string of the molecule is C=C1[C@H](C)CC(O)(COOC)C[C@H]1C. The lowest BCUT2D eigenvalue weighted by Gasteiger charge is -2.39. The summed E-state index contributed by atoms with van der Waals surface area (Å²) in [6.07, 6.45) is 1.42. The molecule has 0 saturated heterocycles. The fourth-order valence-electron chi connectivity index (χ4n) is 2.26. The Kier molecular flexibility index (Phi) is 3.70. The van der Waals surface area contributed by atoms with E-state index in [1.54, 1.807) is 0 Å². The highest BCUT2D eigenvalue weighted by atomic mass is 17.2. The van der Waals surface area contributed by atoms with Crippen LogP contribution in [0.15, 0.2) is 12.2 Å². The van der Waals surface area contributed by atoms with Crippen molar-refractivity contribution in [2.24, 2.45) is 11.8 Å². The largest absolute Gasteiger partial charge is 0.387 e. The first-order valence-corrected chi connectivity index (χ1v) is 5.05. The Morgan fingerprint density at radius 1 is 1.43 bits per heavy atom. The normalized spacial score (nSPS) is 38.7. The summed E-state index contributed by atoms with van der Waals surface area (Å²) in [5.41, 5.74) is 0.475. The zero-order valence-corrected chi connectivity index (χ0v) is 9.25. The van der Waals surface area contributed by atoms with Gasteiger partial charge in [-0.15, -0.1) is 0 Å². The zero-order chi connectivity index (χ0) is 10.8. The van der Waals surface area contributed by atoms with Crippen LogP contribution in [0.2, 0.25) is 0 Å². The molecule has 1 saturated carbocycles. The van der Waals surface area contributed by atoms with Gasteiger partial charge in [-0.05, 0) is 24.7 Å². The first kappa shape index (κ1) is 11.7. The Hall–Kier alpha value is -0.380. The minimum atomic E-state index is -0.754. The van der Waals surface area contributed by atoms with E-state index in [1.165, 1.54) is 12.7 Å². The Morgan fingerprint density at radius 3 is 2.36 bits per heavy atom. The smallest absolute Gasteiger partial charge is 0.111 e. The van der Waals surface area contributed by atoms with E-state index in [2.05, 4.69) is 25.3 Å². The summed E-state index contributed by atoms with van der Waals surface area (Å²) < 4.78 is 0. The Labute approximate surface area is 85.6 Å². The third-order valence-electron chi connectivity index (χ3n) is 3.08. The van der Waals surface area contributed by atoms with Crippen LogP contribution < -0.4 is 0 Å². The first-order valence-electron chi connectivity index (χ1n) is 5.05. The van der Waals surface area contributed by atoms with E-state index < -0.39 is 5.60 Å². The van der Waals surface area contributed by atoms with Gasteiger partial charge in [0.2, 0.25) is 0 Å². The summed E-state index contributed by atoms with van der Waals surface area (Å²) in [5.74, 6) is 0.702. The molecule has 1 N–H and O–H groups in total. The number of allylic oxidation sites excluding steroid dienone is 1. The minimum Gasteiger partial charge on any atom is -0.387 e. The Bertz CT molecular complexity index is 199. The summed E-state index contributed by atoms with van der Waals surface area (Å²) in [6, 6.07) is 0. The molecule has 82 valence electrons. The number of rotatable bonds is 3. The molecular weight excluding hydrogens is 180 g/mol. The molecule has 0 amide bonds. The van der Waals surface area contributed by atoms with Gasteiger partial charge in [-0.3, -0.25) is 0 Å². The zero-order valence-electron chi connectivity index (χ0n) is 9.25. The fourth-order valence-corrected chi connectivity index (χ4v) is 2.26. The molecule has 1 aliphatic carbocycles. The van der Waals surface area contributed by atoms with Gasteiger partial charge in [0.15, 0.2) is 0 Å². The first-order chi connectivity index (χ1) is 6.48. The molecule has 2 atom stereocenters. The van der Waals surface area contributed by atoms with Crippen LogP contribution >= 0.6 is 0 Å². The van der Waals surface area contributed by atoms with Crippen molar-refractivity contribution in [1.82, 2.24) is 0 Å². The van der Waals surface area contributed by atoms with Crippen LogP contribution in [-0.2, 0) is 9.78 Å². The standard InChI is InChI=1S/C11H20O3/c1-8-5-11(12,7-14-13-4)6-9(2)10(8)3/h8-9,12H,3,5-7H2,1-2,4H3/t8-,9-/m1/s1. The lowest BCUT2D eigenvalue weighted by molar-refractivity contribution is -0.301. The van der Waals surface area contributed by atoms with Gasteiger partial charge in [-0.2, -0.15) is 0 Å². The summed E-state index contributed by atoms with van der Waals surface area (Å²) in [6.45, 7) is 8.47. The van der Waals surface area contributed by atoms with Crippen molar-refractivity contribution in [3.05, 3.63) is 12.2 Å².